The Bertz CT molecular complexity index is 1040. The van der Waals surface area contributed by atoms with Gasteiger partial charge in [-0.15, -0.1) is 0 Å². The van der Waals surface area contributed by atoms with Crippen molar-refractivity contribution >= 4 is 5.57 Å². The van der Waals surface area contributed by atoms with Crippen LogP contribution in [0.25, 0.3) is 5.57 Å². The molecule has 5 heteroatoms. The van der Waals surface area contributed by atoms with Gasteiger partial charge >= 0.3 is 0 Å². The summed E-state index contributed by atoms with van der Waals surface area (Å²) in [5.74, 6) is -2.96. The number of aryl methyl sites for hydroxylation is 2. The molecule has 0 heterocycles. The second-order valence-corrected chi connectivity index (χ2v) is 9.29. The Labute approximate surface area is 206 Å². The van der Waals surface area contributed by atoms with Gasteiger partial charge in [-0.05, 0) is 73.6 Å². The van der Waals surface area contributed by atoms with Crippen LogP contribution in [-0.4, -0.2) is 6.61 Å². The smallest absolute Gasteiger partial charge is 0.200 e. The number of ether oxygens (including phenoxy) is 1. The van der Waals surface area contributed by atoms with Crippen LogP contribution in [0.4, 0.5) is 17.6 Å². The van der Waals surface area contributed by atoms with E-state index in [0.717, 1.165) is 44.1 Å². The number of benzene rings is 2. The van der Waals surface area contributed by atoms with Gasteiger partial charge in [-0.2, -0.15) is 4.39 Å². The van der Waals surface area contributed by atoms with E-state index in [-0.39, 0.29) is 5.75 Å². The van der Waals surface area contributed by atoms with Crippen molar-refractivity contribution < 1.29 is 22.3 Å². The average Bonchev–Trinajstić information content (AvgIpc) is 2.87. The first kappa shape index (κ1) is 27.0. The summed E-state index contributed by atoms with van der Waals surface area (Å²) in [6.07, 6.45) is 13.5. The molecule has 0 aliphatic heterocycles. The molecule has 1 aliphatic carbocycles. The lowest BCUT2D eigenvalue weighted by Crippen LogP contribution is -2.06. The fraction of sp³-hybridized carbons (Fsp3) is 0.467. The summed E-state index contributed by atoms with van der Waals surface area (Å²) >= 11 is 0. The SMILES string of the molecule is CCCCCOc1ccc(CCC=CC2CC=C(c3ccc(CCC)c(F)c3F)CC2)c(F)c1F. The highest BCUT2D eigenvalue weighted by atomic mass is 19.2. The first-order chi connectivity index (χ1) is 17.0. The fourth-order valence-electron chi connectivity index (χ4n) is 4.51. The van der Waals surface area contributed by atoms with Gasteiger partial charge in [0.15, 0.2) is 23.2 Å². The van der Waals surface area contributed by atoms with E-state index in [0.29, 0.717) is 54.9 Å². The fourth-order valence-corrected chi connectivity index (χ4v) is 4.51. The lowest BCUT2D eigenvalue weighted by molar-refractivity contribution is 0.285. The maximum Gasteiger partial charge on any atom is 0.200 e. The minimum Gasteiger partial charge on any atom is -0.490 e. The minimum atomic E-state index is -0.917. The standard InChI is InChI=1S/C30H36F4O/c1-3-5-8-20-35-26-19-17-24(28(32)30(26)34)11-7-6-10-21-12-14-22(15-13-21)25-18-16-23(9-4-2)27(31)29(25)33/h6,10,14,16-19,21H,3-5,7-9,11-13,15,20H2,1-2H3. The lowest BCUT2D eigenvalue weighted by atomic mass is 9.85. The summed E-state index contributed by atoms with van der Waals surface area (Å²) in [7, 11) is 0. The maximum absolute atomic E-state index is 14.6. The molecule has 0 saturated carbocycles. The molecule has 0 saturated heterocycles. The van der Waals surface area contributed by atoms with E-state index in [1.54, 1.807) is 18.2 Å². The molecule has 35 heavy (non-hydrogen) atoms. The van der Waals surface area contributed by atoms with Crippen molar-refractivity contribution in [3.05, 3.63) is 82.5 Å². The quantitative estimate of drug-likeness (QED) is 0.164. The molecule has 0 N–H and O–H groups in total. The zero-order chi connectivity index (χ0) is 25.2. The van der Waals surface area contributed by atoms with Gasteiger partial charge in [0.25, 0.3) is 0 Å². The Balaban J connectivity index is 1.51. The molecular formula is C30H36F4O. The van der Waals surface area contributed by atoms with Crippen LogP contribution < -0.4 is 4.74 Å². The molecular weight excluding hydrogens is 452 g/mol. The van der Waals surface area contributed by atoms with Crippen LogP contribution in [-0.2, 0) is 12.8 Å². The lowest BCUT2D eigenvalue weighted by Gasteiger charge is -2.20. The normalized spacial score (nSPS) is 16.1. The van der Waals surface area contributed by atoms with Gasteiger partial charge in [-0.1, -0.05) is 69.5 Å². The van der Waals surface area contributed by atoms with Crippen LogP contribution >= 0.6 is 0 Å². The van der Waals surface area contributed by atoms with Gasteiger partial charge in [0.1, 0.15) is 0 Å². The van der Waals surface area contributed by atoms with Crippen molar-refractivity contribution in [3.63, 3.8) is 0 Å². The van der Waals surface area contributed by atoms with Crippen LogP contribution in [0.5, 0.6) is 5.75 Å². The predicted octanol–water partition coefficient (Wildman–Crippen LogP) is 9.14. The molecule has 0 spiro atoms. The van der Waals surface area contributed by atoms with E-state index in [1.807, 2.05) is 19.1 Å². The van der Waals surface area contributed by atoms with Gasteiger partial charge in [0, 0.05) is 5.56 Å². The zero-order valence-electron chi connectivity index (χ0n) is 20.8. The Morgan fingerprint density at radius 1 is 0.857 bits per heavy atom. The third-order valence-electron chi connectivity index (χ3n) is 6.60. The van der Waals surface area contributed by atoms with Gasteiger partial charge in [0.05, 0.1) is 6.61 Å². The molecule has 0 fully saturated rings. The number of halogens is 4. The number of rotatable bonds is 12. The van der Waals surface area contributed by atoms with Crippen molar-refractivity contribution in [1.82, 2.24) is 0 Å². The van der Waals surface area contributed by atoms with Crippen LogP contribution in [0.2, 0.25) is 0 Å². The molecule has 0 amide bonds. The van der Waals surface area contributed by atoms with Crippen molar-refractivity contribution in [3.8, 4) is 5.75 Å². The zero-order valence-corrected chi connectivity index (χ0v) is 20.8. The van der Waals surface area contributed by atoms with Gasteiger partial charge in [-0.25, -0.2) is 13.2 Å². The molecule has 2 aromatic carbocycles. The van der Waals surface area contributed by atoms with Crippen LogP contribution in [0, 0.1) is 29.2 Å². The third kappa shape index (κ3) is 7.22. The van der Waals surface area contributed by atoms with E-state index in [4.69, 9.17) is 4.74 Å². The van der Waals surface area contributed by atoms with E-state index >= 15 is 0 Å². The monoisotopic (exact) mass is 488 g/mol. The van der Waals surface area contributed by atoms with Crippen molar-refractivity contribution in [2.24, 2.45) is 5.92 Å². The first-order valence-corrected chi connectivity index (χ1v) is 12.9. The van der Waals surface area contributed by atoms with Gasteiger partial charge in [0.2, 0.25) is 5.82 Å². The molecule has 0 radical (unpaired) electrons. The molecule has 1 unspecified atom stereocenters. The first-order valence-electron chi connectivity index (χ1n) is 12.9. The van der Waals surface area contributed by atoms with Crippen molar-refractivity contribution in [2.45, 2.75) is 78.1 Å². The molecule has 3 rings (SSSR count). The molecule has 1 nitrogen and oxygen atoms in total. The Morgan fingerprint density at radius 3 is 2.31 bits per heavy atom. The predicted molar refractivity (Wildman–Crippen MR) is 135 cm³/mol. The molecule has 190 valence electrons. The van der Waals surface area contributed by atoms with E-state index in [9.17, 15) is 17.6 Å². The van der Waals surface area contributed by atoms with E-state index in [1.165, 1.54) is 6.07 Å². The highest BCUT2D eigenvalue weighted by Crippen LogP contribution is 2.33. The Hall–Kier alpha value is -2.56. The number of hydrogen-bond donors (Lipinski definition) is 0. The summed E-state index contributed by atoms with van der Waals surface area (Å²) < 4.78 is 62.9. The summed E-state index contributed by atoms with van der Waals surface area (Å²) in [4.78, 5) is 0. The minimum absolute atomic E-state index is 0.0287. The maximum atomic E-state index is 14.6. The van der Waals surface area contributed by atoms with Crippen LogP contribution in [0.3, 0.4) is 0 Å². The highest BCUT2D eigenvalue weighted by Gasteiger charge is 2.19. The Morgan fingerprint density at radius 2 is 1.60 bits per heavy atom. The van der Waals surface area contributed by atoms with Crippen LogP contribution in [0.1, 0.15) is 81.9 Å². The second-order valence-electron chi connectivity index (χ2n) is 9.29. The third-order valence-corrected chi connectivity index (χ3v) is 6.60. The molecule has 2 aromatic rings. The van der Waals surface area contributed by atoms with Crippen molar-refractivity contribution in [1.29, 1.82) is 0 Å². The molecule has 0 bridgehead atoms. The molecule has 1 atom stereocenters. The topological polar surface area (TPSA) is 9.23 Å². The summed E-state index contributed by atoms with van der Waals surface area (Å²) in [5, 5.41) is 0. The summed E-state index contributed by atoms with van der Waals surface area (Å²) in [6, 6.07) is 6.49. The van der Waals surface area contributed by atoms with E-state index in [2.05, 4.69) is 13.0 Å². The largest absolute Gasteiger partial charge is 0.490 e. The number of unbranched alkanes of at least 4 members (excludes halogenated alkanes) is 2. The molecule has 1 aliphatic rings. The second kappa shape index (κ2) is 13.5. The summed E-state index contributed by atoms with van der Waals surface area (Å²) in [6.45, 7) is 4.40. The molecule has 0 aromatic heterocycles. The van der Waals surface area contributed by atoms with Crippen LogP contribution in [0.15, 0.2) is 42.5 Å². The number of allylic oxidation sites excluding steroid dienone is 4. The van der Waals surface area contributed by atoms with Gasteiger partial charge < -0.3 is 4.74 Å². The highest BCUT2D eigenvalue weighted by molar-refractivity contribution is 5.67. The average molecular weight is 489 g/mol. The summed E-state index contributed by atoms with van der Waals surface area (Å²) in [5.41, 5.74) is 1.98. The Kier molecular flexibility index (Phi) is 10.4. The van der Waals surface area contributed by atoms with Gasteiger partial charge in [-0.3, -0.25) is 0 Å². The number of hydrogen-bond acceptors (Lipinski definition) is 1. The van der Waals surface area contributed by atoms with Crippen molar-refractivity contribution in [2.75, 3.05) is 6.61 Å². The van der Waals surface area contributed by atoms with E-state index < -0.39 is 23.3 Å².